The van der Waals surface area contributed by atoms with E-state index in [0.29, 0.717) is 0 Å². The van der Waals surface area contributed by atoms with Gasteiger partial charge >= 0.3 is 5.97 Å². The van der Waals surface area contributed by atoms with Gasteiger partial charge in [0.1, 0.15) is 5.76 Å². The first-order chi connectivity index (χ1) is 3.55. The number of carboxylic acid groups (broad SMARTS) is 1. The summed E-state index contributed by atoms with van der Waals surface area (Å²) in [6.45, 7) is 2.76. The minimum atomic E-state index is -1.59. The lowest BCUT2D eigenvalue weighted by atomic mass is 10.3. The van der Waals surface area contributed by atoms with E-state index in [-0.39, 0.29) is 0 Å². The Morgan fingerprint density at radius 2 is 1.62 bits per heavy atom. The molecule has 0 aromatic rings. The van der Waals surface area contributed by atoms with Gasteiger partial charge in [-0.1, -0.05) is 6.58 Å². The van der Waals surface area contributed by atoms with Crippen molar-refractivity contribution in [3.8, 4) is 0 Å². The third kappa shape index (κ3) is 1.61. The van der Waals surface area contributed by atoms with Crippen LogP contribution in [0.3, 0.4) is 0 Å². The van der Waals surface area contributed by atoms with Crippen molar-refractivity contribution in [3.63, 3.8) is 0 Å². The maximum atomic E-state index is 9.63. The van der Waals surface area contributed by atoms with E-state index in [1.165, 1.54) is 0 Å². The van der Waals surface area contributed by atoms with Gasteiger partial charge < -0.3 is 15.3 Å². The van der Waals surface area contributed by atoms with Gasteiger partial charge in [0.2, 0.25) is 0 Å². The minimum absolute atomic E-state index is 0.836. The number of hydrogen-bond donors (Lipinski definition) is 3. The van der Waals surface area contributed by atoms with E-state index >= 15 is 0 Å². The fourth-order valence-corrected chi connectivity index (χ4v) is 0.123. The Morgan fingerprint density at radius 1 is 1.25 bits per heavy atom. The molecule has 8 heavy (non-hydrogen) atoms. The fraction of sp³-hybridized carbons (Fsp3) is 0. The van der Waals surface area contributed by atoms with Crippen molar-refractivity contribution >= 4 is 5.97 Å². The van der Waals surface area contributed by atoms with Crippen LogP contribution in [0.2, 0.25) is 0 Å². The van der Waals surface area contributed by atoms with Crippen LogP contribution < -0.4 is 0 Å². The van der Waals surface area contributed by atoms with Crippen molar-refractivity contribution in [2.75, 3.05) is 0 Å². The summed E-state index contributed by atoms with van der Waals surface area (Å²) in [6, 6.07) is 0. The first-order valence-electron chi connectivity index (χ1n) is 1.73. The molecule has 0 aromatic carbocycles. The highest BCUT2D eigenvalue weighted by Crippen LogP contribution is 2.01. The molecule has 0 aliphatic rings. The molecule has 4 heteroatoms. The van der Waals surface area contributed by atoms with E-state index < -0.39 is 17.8 Å². The maximum Gasteiger partial charge on any atom is 0.348 e. The van der Waals surface area contributed by atoms with Gasteiger partial charge in [0.15, 0.2) is 0 Å². The Morgan fingerprint density at radius 3 is 1.62 bits per heavy atom. The number of carbonyl (C=O) groups is 1. The second-order valence-corrected chi connectivity index (χ2v) is 1.10. The van der Waals surface area contributed by atoms with Gasteiger partial charge in [-0.2, -0.15) is 0 Å². The largest absolute Gasteiger partial charge is 0.509 e. The molecule has 0 amide bonds. The highest BCUT2D eigenvalue weighted by Gasteiger charge is 2.17. The summed E-state index contributed by atoms with van der Waals surface area (Å²) < 4.78 is 0. The molecule has 0 aliphatic carbocycles. The zero-order chi connectivity index (χ0) is 6.73. The summed E-state index contributed by atoms with van der Waals surface area (Å²) in [5, 5.41) is 24.1. The van der Waals surface area contributed by atoms with Gasteiger partial charge in [-0.15, -0.1) is 0 Å². The Kier molecular flexibility index (Phi) is 2.02. The third-order valence-electron chi connectivity index (χ3n) is 0.476. The van der Waals surface area contributed by atoms with Crippen LogP contribution in [0, 0.1) is 6.10 Å². The van der Waals surface area contributed by atoms with Crippen molar-refractivity contribution in [1.29, 1.82) is 0 Å². The zero-order valence-corrected chi connectivity index (χ0v) is 3.96. The van der Waals surface area contributed by atoms with Crippen molar-refractivity contribution in [2.45, 2.75) is 0 Å². The lowest BCUT2D eigenvalue weighted by molar-refractivity contribution is -0.139. The van der Waals surface area contributed by atoms with Gasteiger partial charge in [0.05, 0.1) is 0 Å². The average Bonchev–Trinajstić information content (AvgIpc) is 1.64. The Bertz CT molecular complexity index is 103. The Labute approximate surface area is 45.7 Å². The van der Waals surface area contributed by atoms with E-state index in [9.17, 15) is 4.79 Å². The predicted octanol–water partition coefficient (Wildman–Crippen LogP) is 0.0472. The highest BCUT2D eigenvalue weighted by molar-refractivity contribution is 5.83. The van der Waals surface area contributed by atoms with Crippen LogP contribution in [0.4, 0.5) is 0 Å². The number of aliphatic hydroxyl groups excluding tert-OH is 2. The number of hydrogen-bond acceptors (Lipinski definition) is 3. The summed E-state index contributed by atoms with van der Waals surface area (Å²) in [4.78, 5) is 9.63. The molecule has 0 bridgehead atoms. The first-order valence-corrected chi connectivity index (χ1v) is 1.73. The second-order valence-electron chi connectivity index (χ2n) is 1.10. The van der Waals surface area contributed by atoms with Gasteiger partial charge in [0, 0.05) is 0 Å². The molecule has 0 saturated carbocycles. The normalized spacial score (nSPS) is 9.25. The number of aliphatic carboxylic acids is 1. The van der Waals surface area contributed by atoms with Crippen molar-refractivity contribution < 1.29 is 20.1 Å². The number of aliphatic hydroxyl groups is 2. The topological polar surface area (TPSA) is 77.8 Å². The molecule has 0 unspecified atom stereocenters. The van der Waals surface area contributed by atoms with Gasteiger partial charge in [-0.05, 0) is 0 Å². The molecule has 4 nitrogen and oxygen atoms in total. The molecule has 1 radical (unpaired) electrons. The van der Waals surface area contributed by atoms with Crippen molar-refractivity contribution in [3.05, 3.63) is 18.4 Å². The lowest BCUT2D eigenvalue weighted by Crippen LogP contribution is -2.11. The standard InChI is InChI=1S/C4H5O4/c1-2(5)3(6)4(7)8/h5-6H,1H2,(H,7,8). The van der Waals surface area contributed by atoms with E-state index in [1.54, 1.807) is 0 Å². The first kappa shape index (κ1) is 6.97. The Hall–Kier alpha value is -1.03. The van der Waals surface area contributed by atoms with Crippen molar-refractivity contribution in [1.82, 2.24) is 0 Å². The molecular weight excluding hydrogens is 112 g/mol. The van der Waals surface area contributed by atoms with E-state index in [4.69, 9.17) is 15.3 Å². The summed E-state index contributed by atoms with van der Waals surface area (Å²) in [5.74, 6) is -2.42. The SMILES string of the molecule is C=C(O)[C](O)C(=O)O. The molecule has 3 N–H and O–H groups in total. The van der Waals surface area contributed by atoms with Crippen LogP contribution in [0.1, 0.15) is 0 Å². The van der Waals surface area contributed by atoms with Crippen LogP contribution in [-0.4, -0.2) is 21.3 Å². The number of rotatable bonds is 2. The van der Waals surface area contributed by atoms with Crippen molar-refractivity contribution in [2.24, 2.45) is 0 Å². The van der Waals surface area contributed by atoms with Gasteiger partial charge in [-0.3, -0.25) is 0 Å². The van der Waals surface area contributed by atoms with Gasteiger partial charge in [-0.25, -0.2) is 4.79 Å². The lowest BCUT2D eigenvalue weighted by Gasteiger charge is -1.97. The van der Waals surface area contributed by atoms with E-state index in [0.717, 1.165) is 0 Å². The zero-order valence-electron chi connectivity index (χ0n) is 3.96. The third-order valence-corrected chi connectivity index (χ3v) is 0.476. The molecule has 0 atom stereocenters. The number of carboxylic acids is 1. The molecule has 0 spiro atoms. The summed E-state index contributed by atoms with van der Waals surface area (Å²) in [6.07, 6.45) is -1.12. The molecule has 0 aromatic heterocycles. The molecule has 0 fully saturated rings. The van der Waals surface area contributed by atoms with Crippen LogP contribution in [-0.2, 0) is 4.79 Å². The van der Waals surface area contributed by atoms with Gasteiger partial charge in [0.25, 0.3) is 6.10 Å². The molecule has 0 aliphatic heterocycles. The van der Waals surface area contributed by atoms with Crippen LogP contribution >= 0.6 is 0 Å². The fourth-order valence-electron chi connectivity index (χ4n) is 0.123. The smallest absolute Gasteiger partial charge is 0.348 e. The monoisotopic (exact) mass is 117 g/mol. The maximum absolute atomic E-state index is 9.63. The summed E-state index contributed by atoms with van der Waals surface area (Å²) in [5.41, 5.74) is 0. The molecule has 0 heterocycles. The summed E-state index contributed by atoms with van der Waals surface area (Å²) in [7, 11) is 0. The quantitative estimate of drug-likeness (QED) is 0.446. The van der Waals surface area contributed by atoms with E-state index in [1.807, 2.05) is 0 Å². The molecular formula is C4H5O4. The molecule has 0 saturated heterocycles. The minimum Gasteiger partial charge on any atom is -0.509 e. The van der Waals surface area contributed by atoms with Crippen LogP contribution in [0.5, 0.6) is 0 Å². The van der Waals surface area contributed by atoms with E-state index in [2.05, 4.69) is 6.58 Å². The second kappa shape index (κ2) is 2.32. The molecule has 0 rings (SSSR count). The van der Waals surface area contributed by atoms with Crippen LogP contribution in [0.15, 0.2) is 12.3 Å². The Balaban J connectivity index is 3.83. The average molecular weight is 117 g/mol. The highest BCUT2D eigenvalue weighted by atomic mass is 16.4. The predicted molar refractivity (Wildman–Crippen MR) is 24.6 cm³/mol. The summed E-state index contributed by atoms with van der Waals surface area (Å²) >= 11 is 0. The molecule has 45 valence electrons. The van der Waals surface area contributed by atoms with Crippen LogP contribution in [0.25, 0.3) is 0 Å².